The fourth-order valence-electron chi connectivity index (χ4n) is 12.8. The van der Waals surface area contributed by atoms with Gasteiger partial charge in [0.15, 0.2) is 0 Å². The predicted octanol–water partition coefficient (Wildman–Crippen LogP) is 9.01. The van der Waals surface area contributed by atoms with Crippen LogP contribution in [0.3, 0.4) is 0 Å². The largest absolute Gasteiger partial charge is 0.487 e. The third-order valence-electron chi connectivity index (χ3n) is 13.9. The average molecular weight is 603 g/mol. The summed E-state index contributed by atoms with van der Waals surface area (Å²) in [6.45, 7) is 15.6. The van der Waals surface area contributed by atoms with Gasteiger partial charge >= 0.3 is 0 Å². The minimum Gasteiger partial charge on any atom is -0.487 e. The van der Waals surface area contributed by atoms with E-state index < -0.39 is 0 Å². The Balaban J connectivity index is 1.22. The van der Waals surface area contributed by atoms with Crippen molar-refractivity contribution in [1.82, 2.24) is 0 Å². The van der Waals surface area contributed by atoms with E-state index in [1.165, 1.54) is 77.0 Å². The predicted molar refractivity (Wildman–Crippen MR) is 173 cm³/mol. The van der Waals surface area contributed by atoms with Gasteiger partial charge in [-0.3, -0.25) is 0 Å². The molecule has 4 atom stereocenters. The lowest BCUT2D eigenvalue weighted by Gasteiger charge is -2.59. The Labute approximate surface area is 266 Å². The van der Waals surface area contributed by atoms with Crippen LogP contribution < -0.4 is 9.47 Å². The molecule has 0 amide bonds. The Bertz CT molecular complexity index is 1120. The highest BCUT2D eigenvalue weighted by atomic mass is 16.6. The van der Waals surface area contributed by atoms with Crippen molar-refractivity contribution >= 4 is 0 Å². The summed E-state index contributed by atoms with van der Waals surface area (Å²) in [6, 6.07) is 5.18. The minimum absolute atomic E-state index is 0.00464. The number of epoxide rings is 2. The molecule has 4 unspecified atom stereocenters. The molecule has 10 fully saturated rings. The molecule has 0 radical (unpaired) electrons. The smallest absolute Gasteiger partial charge is 0.132 e. The lowest BCUT2D eigenvalue weighted by molar-refractivity contribution is -0.0133. The molecule has 11 rings (SSSR count). The zero-order chi connectivity index (χ0) is 30.2. The molecule has 4 heteroatoms. The molecule has 8 saturated carbocycles. The third-order valence-corrected chi connectivity index (χ3v) is 13.9. The van der Waals surface area contributed by atoms with Crippen molar-refractivity contribution in [2.24, 2.45) is 46.3 Å². The Morgan fingerprint density at radius 2 is 0.841 bits per heavy atom. The average Bonchev–Trinajstić information content (AvgIpc) is 3.82. The summed E-state index contributed by atoms with van der Waals surface area (Å²) in [5.41, 5.74) is 3.62. The number of ether oxygens (including phenoxy) is 4. The minimum atomic E-state index is -0.00464. The molecule has 0 spiro atoms. The molecule has 242 valence electrons. The van der Waals surface area contributed by atoms with Crippen molar-refractivity contribution in [2.45, 2.75) is 154 Å². The van der Waals surface area contributed by atoms with Crippen LogP contribution in [0.1, 0.15) is 130 Å². The van der Waals surface area contributed by atoms with Crippen molar-refractivity contribution in [3.05, 3.63) is 23.3 Å². The fourth-order valence-corrected chi connectivity index (χ4v) is 12.8. The number of hydrogen-bond donors (Lipinski definition) is 0. The van der Waals surface area contributed by atoms with E-state index in [-0.39, 0.29) is 46.1 Å². The summed E-state index contributed by atoms with van der Waals surface area (Å²) in [4.78, 5) is 0. The molecule has 44 heavy (non-hydrogen) atoms. The second-order valence-corrected chi connectivity index (χ2v) is 19.8. The van der Waals surface area contributed by atoms with Crippen LogP contribution in [0.15, 0.2) is 12.1 Å². The van der Waals surface area contributed by atoms with Crippen LogP contribution in [0, 0.1) is 46.3 Å². The van der Waals surface area contributed by atoms with Crippen LogP contribution in [0.4, 0.5) is 0 Å². The highest BCUT2D eigenvalue weighted by Crippen LogP contribution is 2.66. The number of rotatable bonds is 8. The topological polar surface area (TPSA) is 43.5 Å². The first kappa shape index (κ1) is 28.9. The van der Waals surface area contributed by atoms with Gasteiger partial charge in [-0.2, -0.15) is 0 Å². The Morgan fingerprint density at radius 3 is 1.09 bits per heavy atom. The Kier molecular flexibility index (Phi) is 6.34. The fraction of sp³-hybridized carbons (Fsp3) is 0.850. The van der Waals surface area contributed by atoms with Crippen molar-refractivity contribution in [2.75, 3.05) is 13.2 Å². The number of hydrogen-bond acceptors (Lipinski definition) is 4. The van der Waals surface area contributed by atoms with Crippen LogP contribution in [-0.2, 0) is 20.3 Å². The van der Waals surface area contributed by atoms with Gasteiger partial charge in [-0.05, 0) is 129 Å². The second kappa shape index (κ2) is 9.65. The second-order valence-electron chi connectivity index (χ2n) is 19.8. The Morgan fingerprint density at radius 1 is 0.545 bits per heavy atom. The van der Waals surface area contributed by atoms with Gasteiger partial charge < -0.3 is 18.9 Å². The van der Waals surface area contributed by atoms with E-state index in [9.17, 15) is 0 Å². The van der Waals surface area contributed by atoms with E-state index in [2.05, 4.69) is 53.7 Å². The van der Waals surface area contributed by atoms with E-state index in [1.54, 1.807) is 11.1 Å². The molecular formula is C40H58O4. The lowest BCUT2D eigenvalue weighted by Crippen LogP contribution is -2.50. The van der Waals surface area contributed by atoms with E-state index in [4.69, 9.17) is 18.9 Å². The maximum absolute atomic E-state index is 7.35. The summed E-state index contributed by atoms with van der Waals surface area (Å²) in [5, 5.41) is 0. The normalized spacial score (nSPS) is 44.5. The highest BCUT2D eigenvalue weighted by Gasteiger charge is 2.56. The summed E-state index contributed by atoms with van der Waals surface area (Å²) >= 11 is 0. The molecule has 2 saturated heterocycles. The summed E-state index contributed by atoms with van der Waals surface area (Å²) < 4.78 is 26.6. The van der Waals surface area contributed by atoms with Gasteiger partial charge in [0.2, 0.25) is 0 Å². The first-order chi connectivity index (χ1) is 20.9. The van der Waals surface area contributed by atoms with Gasteiger partial charge in [0.25, 0.3) is 0 Å². The molecule has 8 bridgehead atoms. The van der Waals surface area contributed by atoms with Gasteiger partial charge in [0.05, 0.1) is 13.2 Å². The van der Waals surface area contributed by atoms with E-state index >= 15 is 0 Å². The molecule has 1 aromatic rings. The first-order valence-corrected chi connectivity index (χ1v) is 18.6. The summed E-state index contributed by atoms with van der Waals surface area (Å²) in [5.74, 6) is 7.63. The van der Waals surface area contributed by atoms with Crippen molar-refractivity contribution in [3.8, 4) is 11.5 Å². The molecule has 2 heterocycles. The van der Waals surface area contributed by atoms with Crippen molar-refractivity contribution in [3.63, 3.8) is 0 Å². The quantitative estimate of drug-likeness (QED) is 0.279. The summed E-state index contributed by atoms with van der Waals surface area (Å²) in [6.07, 6.45) is 17.4. The monoisotopic (exact) mass is 602 g/mol. The van der Waals surface area contributed by atoms with Crippen LogP contribution in [-0.4, -0.2) is 37.6 Å². The van der Waals surface area contributed by atoms with Crippen LogP contribution in [0.2, 0.25) is 0 Å². The molecular weight excluding hydrogens is 544 g/mol. The molecule has 0 aromatic heterocycles. The SMILES string of the molecule is CC(C)(C)C(Oc1cc(OC(C2CO2)C(C)(C)C)c(C23CC4CC(CC(C4)C2)C3)cc1C12CC3CC(CC(C3)C1)C2)C1CO1. The Hall–Kier alpha value is -1.26. The van der Waals surface area contributed by atoms with Gasteiger partial charge in [-0.15, -0.1) is 0 Å². The van der Waals surface area contributed by atoms with E-state index in [0.29, 0.717) is 0 Å². The van der Waals surface area contributed by atoms with Crippen LogP contribution in [0.5, 0.6) is 11.5 Å². The molecule has 0 N–H and O–H groups in total. The van der Waals surface area contributed by atoms with Gasteiger partial charge in [-0.1, -0.05) is 41.5 Å². The highest BCUT2D eigenvalue weighted by molar-refractivity contribution is 5.54. The van der Waals surface area contributed by atoms with Gasteiger partial charge in [0, 0.05) is 28.0 Å². The van der Waals surface area contributed by atoms with Crippen LogP contribution >= 0.6 is 0 Å². The standard InChI is InChI=1S/C40H58O4/c1-37(2,3)35(33-21-41-33)43-31-14-32(44-36(34-22-42-34)38(4,5)6)30(40-18-26-10-27(19-40)12-28(11-26)20-40)13-29(31)39-15-23-7-24(16-39)9-25(8-23)17-39/h13-14,23-28,33-36H,7-12,15-22H2,1-6H3. The third kappa shape index (κ3) is 4.89. The first-order valence-electron chi connectivity index (χ1n) is 18.6. The van der Waals surface area contributed by atoms with Gasteiger partial charge in [-0.25, -0.2) is 0 Å². The molecule has 1 aromatic carbocycles. The maximum atomic E-state index is 7.35. The molecule has 8 aliphatic carbocycles. The molecule has 4 nitrogen and oxygen atoms in total. The summed E-state index contributed by atoms with van der Waals surface area (Å²) in [7, 11) is 0. The van der Waals surface area contributed by atoms with Gasteiger partial charge in [0.1, 0.15) is 35.9 Å². The van der Waals surface area contributed by atoms with Crippen LogP contribution in [0.25, 0.3) is 0 Å². The zero-order valence-corrected chi connectivity index (χ0v) is 28.5. The number of benzene rings is 1. The maximum Gasteiger partial charge on any atom is 0.132 e. The molecule has 10 aliphatic rings. The van der Waals surface area contributed by atoms with E-state index in [1.807, 2.05) is 0 Å². The van der Waals surface area contributed by atoms with Crippen molar-refractivity contribution in [1.29, 1.82) is 0 Å². The zero-order valence-electron chi connectivity index (χ0n) is 28.5. The lowest BCUT2D eigenvalue weighted by atomic mass is 9.46. The molecule has 2 aliphatic heterocycles. The van der Waals surface area contributed by atoms with E-state index in [0.717, 1.165) is 60.2 Å². The van der Waals surface area contributed by atoms with Crippen molar-refractivity contribution < 1.29 is 18.9 Å².